The van der Waals surface area contributed by atoms with Crippen molar-refractivity contribution in [3.63, 3.8) is 0 Å². The molecule has 1 aromatic rings. The lowest BCUT2D eigenvalue weighted by Crippen LogP contribution is -2.28. The Balaban J connectivity index is 0.000000226. The second kappa shape index (κ2) is 7.55. The van der Waals surface area contributed by atoms with Gasteiger partial charge in [0.15, 0.2) is 5.11 Å². The highest BCUT2D eigenvalue weighted by Crippen LogP contribution is 1.92. The van der Waals surface area contributed by atoms with Gasteiger partial charge in [-0.25, -0.2) is 0 Å². The number of rotatable bonds is 0. The lowest BCUT2D eigenvalue weighted by Gasteiger charge is -1.95. The topological polar surface area (TPSA) is 24.1 Å². The largest absolute Gasteiger partial charge is 0.366 e. The van der Waals surface area contributed by atoms with Crippen molar-refractivity contribution in [2.24, 2.45) is 0 Å². The van der Waals surface area contributed by atoms with E-state index in [-0.39, 0.29) is 0 Å². The van der Waals surface area contributed by atoms with Gasteiger partial charge in [-0.05, 0) is 19.1 Å². The van der Waals surface area contributed by atoms with E-state index in [0.29, 0.717) is 5.11 Å². The van der Waals surface area contributed by atoms with Crippen LogP contribution in [-0.4, -0.2) is 19.2 Å². The van der Waals surface area contributed by atoms with Crippen LogP contribution >= 0.6 is 12.2 Å². The van der Waals surface area contributed by atoms with E-state index in [0.717, 1.165) is 0 Å². The predicted molar refractivity (Wildman–Crippen MR) is 61.9 cm³/mol. The first-order chi connectivity index (χ1) is 6.20. The zero-order valence-electron chi connectivity index (χ0n) is 8.29. The highest BCUT2D eigenvalue weighted by atomic mass is 32.1. The summed E-state index contributed by atoms with van der Waals surface area (Å²) in [6, 6.07) is 10.3. The van der Waals surface area contributed by atoms with Crippen LogP contribution in [0.25, 0.3) is 0 Å². The summed E-state index contributed by atoms with van der Waals surface area (Å²) in [6.07, 6.45) is 0. The maximum Gasteiger partial charge on any atom is 0.165 e. The van der Waals surface area contributed by atoms with E-state index in [9.17, 15) is 0 Å². The molecular formula is C10H16N2S. The van der Waals surface area contributed by atoms with E-state index in [1.54, 1.807) is 14.1 Å². The van der Waals surface area contributed by atoms with Gasteiger partial charge in [-0.1, -0.05) is 35.9 Å². The molecule has 1 rings (SSSR count). The molecule has 0 saturated heterocycles. The van der Waals surface area contributed by atoms with Crippen molar-refractivity contribution in [2.45, 2.75) is 6.92 Å². The predicted octanol–water partition coefficient (Wildman–Crippen LogP) is 1.71. The van der Waals surface area contributed by atoms with Gasteiger partial charge in [0.25, 0.3) is 0 Å². The summed E-state index contributed by atoms with van der Waals surface area (Å²) in [6.45, 7) is 2.08. The minimum atomic E-state index is 0.676. The number of aryl methyl sites for hydroxylation is 1. The normalized spacial score (nSPS) is 7.92. The van der Waals surface area contributed by atoms with Crippen LogP contribution in [0, 0.1) is 6.92 Å². The van der Waals surface area contributed by atoms with Gasteiger partial charge in [-0.3, -0.25) is 0 Å². The second-order valence-corrected chi connectivity index (χ2v) is 2.89. The van der Waals surface area contributed by atoms with Crippen LogP contribution in [0.15, 0.2) is 30.3 Å². The Bertz CT molecular complexity index is 228. The molecule has 0 spiro atoms. The van der Waals surface area contributed by atoms with Crippen LogP contribution in [0.3, 0.4) is 0 Å². The molecule has 0 amide bonds. The third-order valence-corrected chi connectivity index (χ3v) is 1.80. The Morgan fingerprint density at radius 2 is 1.54 bits per heavy atom. The molecule has 0 radical (unpaired) electrons. The molecule has 3 heteroatoms. The minimum absolute atomic E-state index is 0.676. The molecule has 0 saturated carbocycles. The fourth-order valence-corrected chi connectivity index (χ4v) is 0.659. The van der Waals surface area contributed by atoms with E-state index in [1.807, 2.05) is 18.2 Å². The molecule has 0 atom stereocenters. The molecule has 0 fully saturated rings. The Kier molecular flexibility index (Phi) is 6.92. The Hall–Kier alpha value is -1.09. The van der Waals surface area contributed by atoms with Gasteiger partial charge in [0.2, 0.25) is 0 Å². The standard InChI is InChI=1S/C7H8.C3H8N2S/c1-7-5-3-2-4-6-7;1-4-3(6)5-2/h2-6H,1H3;1-2H3,(H2,4,5,6). The van der Waals surface area contributed by atoms with Crippen LogP contribution in [0.1, 0.15) is 5.56 Å². The summed E-state index contributed by atoms with van der Waals surface area (Å²) in [5.74, 6) is 0. The molecule has 0 aromatic heterocycles. The molecule has 13 heavy (non-hydrogen) atoms. The minimum Gasteiger partial charge on any atom is -0.366 e. The highest BCUT2D eigenvalue weighted by molar-refractivity contribution is 7.80. The molecule has 0 bridgehead atoms. The summed E-state index contributed by atoms with van der Waals surface area (Å²) in [5, 5.41) is 6.15. The second-order valence-electron chi connectivity index (χ2n) is 2.48. The molecule has 1 aromatic carbocycles. The van der Waals surface area contributed by atoms with E-state index in [1.165, 1.54) is 5.56 Å². The van der Waals surface area contributed by atoms with Crippen molar-refractivity contribution in [1.82, 2.24) is 10.6 Å². The van der Waals surface area contributed by atoms with Crippen LogP contribution in [0.2, 0.25) is 0 Å². The smallest absolute Gasteiger partial charge is 0.165 e. The van der Waals surface area contributed by atoms with Gasteiger partial charge in [0, 0.05) is 14.1 Å². The monoisotopic (exact) mass is 196 g/mol. The number of hydrogen-bond acceptors (Lipinski definition) is 1. The van der Waals surface area contributed by atoms with Gasteiger partial charge < -0.3 is 10.6 Å². The molecule has 0 unspecified atom stereocenters. The van der Waals surface area contributed by atoms with Crippen LogP contribution in [-0.2, 0) is 0 Å². The summed E-state index contributed by atoms with van der Waals surface area (Å²) < 4.78 is 0. The number of thiocarbonyl (C=S) groups is 1. The Morgan fingerprint density at radius 1 is 1.08 bits per heavy atom. The number of nitrogens with one attached hydrogen (secondary N) is 2. The zero-order chi connectivity index (χ0) is 10.1. The first kappa shape index (κ1) is 11.9. The Morgan fingerprint density at radius 3 is 1.69 bits per heavy atom. The van der Waals surface area contributed by atoms with Gasteiger partial charge in [0.05, 0.1) is 0 Å². The maximum absolute atomic E-state index is 4.63. The van der Waals surface area contributed by atoms with Crippen molar-refractivity contribution in [3.05, 3.63) is 35.9 Å². The van der Waals surface area contributed by atoms with E-state index < -0.39 is 0 Å². The summed E-state index contributed by atoms with van der Waals surface area (Å²) in [7, 11) is 3.55. The maximum atomic E-state index is 4.63. The van der Waals surface area contributed by atoms with Gasteiger partial charge >= 0.3 is 0 Å². The zero-order valence-corrected chi connectivity index (χ0v) is 9.11. The molecule has 2 N–H and O–H groups in total. The molecule has 2 nitrogen and oxygen atoms in total. The molecular weight excluding hydrogens is 180 g/mol. The van der Waals surface area contributed by atoms with Crippen molar-refractivity contribution in [2.75, 3.05) is 14.1 Å². The SMILES string of the molecule is CNC(=S)NC.Cc1ccccc1. The average Bonchev–Trinajstić information content (AvgIpc) is 2.19. The van der Waals surface area contributed by atoms with Crippen LogP contribution in [0.5, 0.6) is 0 Å². The molecule has 0 aliphatic rings. The first-order valence-electron chi connectivity index (χ1n) is 4.11. The fraction of sp³-hybridized carbons (Fsp3) is 0.300. The summed E-state index contributed by atoms with van der Waals surface area (Å²) in [4.78, 5) is 0. The van der Waals surface area contributed by atoms with Gasteiger partial charge in [-0.15, -0.1) is 0 Å². The number of benzene rings is 1. The van der Waals surface area contributed by atoms with Crippen molar-refractivity contribution >= 4 is 17.3 Å². The Labute approximate surface area is 85.4 Å². The number of hydrogen-bond donors (Lipinski definition) is 2. The van der Waals surface area contributed by atoms with Crippen LogP contribution in [0.4, 0.5) is 0 Å². The highest BCUT2D eigenvalue weighted by Gasteiger charge is 1.75. The van der Waals surface area contributed by atoms with E-state index >= 15 is 0 Å². The molecule has 0 aliphatic carbocycles. The molecule has 72 valence electrons. The van der Waals surface area contributed by atoms with E-state index in [2.05, 4.69) is 41.9 Å². The third-order valence-electron chi connectivity index (χ3n) is 1.39. The quantitative estimate of drug-likeness (QED) is 0.618. The summed E-state index contributed by atoms with van der Waals surface area (Å²) >= 11 is 4.63. The van der Waals surface area contributed by atoms with Crippen molar-refractivity contribution in [1.29, 1.82) is 0 Å². The van der Waals surface area contributed by atoms with Crippen molar-refractivity contribution in [3.8, 4) is 0 Å². The lowest BCUT2D eigenvalue weighted by molar-refractivity contribution is 1.06. The average molecular weight is 196 g/mol. The first-order valence-corrected chi connectivity index (χ1v) is 4.52. The van der Waals surface area contributed by atoms with Crippen LogP contribution < -0.4 is 10.6 Å². The molecule has 0 heterocycles. The summed E-state index contributed by atoms with van der Waals surface area (Å²) in [5.41, 5.74) is 1.32. The molecule has 0 aliphatic heterocycles. The third kappa shape index (κ3) is 7.28. The van der Waals surface area contributed by atoms with Gasteiger partial charge in [0.1, 0.15) is 0 Å². The van der Waals surface area contributed by atoms with Crippen molar-refractivity contribution < 1.29 is 0 Å². The lowest BCUT2D eigenvalue weighted by atomic mass is 10.2. The van der Waals surface area contributed by atoms with E-state index in [4.69, 9.17) is 0 Å². The van der Waals surface area contributed by atoms with Gasteiger partial charge in [-0.2, -0.15) is 0 Å². The fourth-order valence-electron chi connectivity index (χ4n) is 0.659.